The Labute approximate surface area is 107 Å². The molecule has 0 spiro atoms. The van der Waals surface area contributed by atoms with Crippen molar-refractivity contribution in [2.75, 3.05) is 0 Å². The minimum absolute atomic E-state index is 0.124. The van der Waals surface area contributed by atoms with Crippen LogP contribution in [0.1, 0.15) is 35.1 Å². The molecule has 3 nitrogen and oxygen atoms in total. The SMILES string of the molecule is CCCn1ccnc1CC(=O)c1ccc(C)cc1. The van der Waals surface area contributed by atoms with Gasteiger partial charge in [-0.25, -0.2) is 4.98 Å². The minimum atomic E-state index is 0.124. The van der Waals surface area contributed by atoms with E-state index in [0.717, 1.165) is 24.4 Å². The van der Waals surface area contributed by atoms with Crippen LogP contribution in [0.2, 0.25) is 0 Å². The second-order valence-electron chi connectivity index (χ2n) is 4.50. The quantitative estimate of drug-likeness (QED) is 0.755. The molecule has 0 bridgehead atoms. The van der Waals surface area contributed by atoms with Crippen LogP contribution < -0.4 is 0 Å². The third-order valence-corrected chi connectivity index (χ3v) is 2.96. The summed E-state index contributed by atoms with van der Waals surface area (Å²) < 4.78 is 2.05. The number of imidazole rings is 1. The molecule has 0 fully saturated rings. The molecule has 0 aliphatic rings. The Bertz CT molecular complexity index is 526. The molecule has 94 valence electrons. The number of aromatic nitrogens is 2. The molecule has 0 saturated heterocycles. The average molecular weight is 242 g/mol. The van der Waals surface area contributed by atoms with Gasteiger partial charge in [0.2, 0.25) is 0 Å². The normalized spacial score (nSPS) is 10.6. The molecule has 0 aliphatic heterocycles. The van der Waals surface area contributed by atoms with Gasteiger partial charge in [-0.1, -0.05) is 36.8 Å². The van der Waals surface area contributed by atoms with Crippen molar-refractivity contribution in [1.82, 2.24) is 9.55 Å². The molecule has 2 aromatic rings. The summed E-state index contributed by atoms with van der Waals surface area (Å²) in [6.45, 7) is 5.05. The topological polar surface area (TPSA) is 34.9 Å². The van der Waals surface area contributed by atoms with E-state index in [4.69, 9.17) is 0 Å². The van der Waals surface area contributed by atoms with E-state index in [2.05, 4.69) is 11.9 Å². The third-order valence-electron chi connectivity index (χ3n) is 2.96. The van der Waals surface area contributed by atoms with Crippen LogP contribution in [0, 0.1) is 6.92 Å². The molecule has 1 aromatic heterocycles. The number of rotatable bonds is 5. The number of hydrogen-bond acceptors (Lipinski definition) is 2. The number of Topliss-reactive ketones (excluding diaryl/α,β-unsaturated/α-hetero) is 1. The fourth-order valence-corrected chi connectivity index (χ4v) is 1.94. The number of hydrogen-bond donors (Lipinski definition) is 0. The first kappa shape index (κ1) is 12.6. The molecule has 0 unspecified atom stereocenters. The molecule has 0 amide bonds. The lowest BCUT2D eigenvalue weighted by Gasteiger charge is -2.06. The van der Waals surface area contributed by atoms with Gasteiger partial charge in [0.05, 0.1) is 6.42 Å². The highest BCUT2D eigenvalue weighted by Crippen LogP contribution is 2.08. The number of nitrogens with zero attached hydrogens (tertiary/aromatic N) is 2. The highest BCUT2D eigenvalue weighted by atomic mass is 16.1. The predicted octanol–water partition coefficient (Wildman–Crippen LogP) is 3.03. The number of aryl methyl sites for hydroxylation is 2. The van der Waals surface area contributed by atoms with Crippen LogP contribution in [0.3, 0.4) is 0 Å². The number of carbonyl (C=O) groups is 1. The Morgan fingerprint density at radius 1 is 1.28 bits per heavy atom. The van der Waals surface area contributed by atoms with Crippen molar-refractivity contribution in [2.45, 2.75) is 33.2 Å². The first-order valence-electron chi connectivity index (χ1n) is 6.30. The van der Waals surface area contributed by atoms with E-state index in [1.165, 1.54) is 5.56 Å². The van der Waals surface area contributed by atoms with Gasteiger partial charge >= 0.3 is 0 Å². The van der Waals surface area contributed by atoms with Gasteiger partial charge in [-0.05, 0) is 13.3 Å². The van der Waals surface area contributed by atoms with Crippen LogP contribution in [-0.2, 0) is 13.0 Å². The predicted molar refractivity (Wildman–Crippen MR) is 71.7 cm³/mol. The Morgan fingerprint density at radius 3 is 2.67 bits per heavy atom. The summed E-state index contributed by atoms with van der Waals surface area (Å²) >= 11 is 0. The van der Waals surface area contributed by atoms with Gasteiger partial charge in [-0.3, -0.25) is 4.79 Å². The summed E-state index contributed by atoms with van der Waals surface area (Å²) in [6.07, 6.45) is 5.10. The maximum Gasteiger partial charge on any atom is 0.170 e. The van der Waals surface area contributed by atoms with Gasteiger partial charge in [0, 0.05) is 24.5 Å². The maximum absolute atomic E-state index is 12.1. The van der Waals surface area contributed by atoms with Gasteiger partial charge in [0.25, 0.3) is 0 Å². The fourth-order valence-electron chi connectivity index (χ4n) is 1.94. The largest absolute Gasteiger partial charge is 0.335 e. The Balaban J connectivity index is 2.11. The zero-order valence-corrected chi connectivity index (χ0v) is 10.9. The summed E-state index contributed by atoms with van der Waals surface area (Å²) in [5.74, 6) is 0.973. The highest BCUT2D eigenvalue weighted by molar-refractivity contribution is 5.97. The summed E-state index contributed by atoms with van der Waals surface area (Å²) in [5, 5.41) is 0. The van der Waals surface area contributed by atoms with Crippen molar-refractivity contribution in [3.05, 3.63) is 53.6 Å². The molecular formula is C15H18N2O. The molecule has 0 N–H and O–H groups in total. The van der Waals surface area contributed by atoms with E-state index < -0.39 is 0 Å². The van der Waals surface area contributed by atoms with Crippen molar-refractivity contribution >= 4 is 5.78 Å². The maximum atomic E-state index is 12.1. The Kier molecular flexibility index (Phi) is 3.92. The Hall–Kier alpha value is -1.90. The number of ketones is 1. The van der Waals surface area contributed by atoms with Crippen molar-refractivity contribution < 1.29 is 4.79 Å². The van der Waals surface area contributed by atoms with E-state index in [9.17, 15) is 4.79 Å². The van der Waals surface area contributed by atoms with E-state index in [1.807, 2.05) is 42.0 Å². The molecule has 0 aliphatic carbocycles. The van der Waals surface area contributed by atoms with E-state index >= 15 is 0 Å². The standard InChI is InChI=1S/C15H18N2O/c1-3-9-17-10-8-16-15(17)11-14(18)13-6-4-12(2)5-7-13/h4-8,10H,3,9,11H2,1-2H3. The average Bonchev–Trinajstić information content (AvgIpc) is 2.78. The van der Waals surface area contributed by atoms with E-state index in [1.54, 1.807) is 6.20 Å². The fraction of sp³-hybridized carbons (Fsp3) is 0.333. The summed E-state index contributed by atoms with van der Waals surface area (Å²) in [5.41, 5.74) is 1.92. The van der Waals surface area contributed by atoms with Crippen LogP contribution in [0.25, 0.3) is 0 Å². The Morgan fingerprint density at radius 2 is 2.00 bits per heavy atom. The molecule has 2 rings (SSSR count). The second kappa shape index (κ2) is 5.63. The van der Waals surface area contributed by atoms with Gasteiger partial charge in [-0.2, -0.15) is 0 Å². The van der Waals surface area contributed by atoms with Crippen molar-refractivity contribution in [3.63, 3.8) is 0 Å². The number of carbonyl (C=O) groups excluding carboxylic acids is 1. The zero-order valence-electron chi connectivity index (χ0n) is 10.9. The smallest absolute Gasteiger partial charge is 0.170 e. The lowest BCUT2D eigenvalue weighted by molar-refractivity contribution is 0.0989. The van der Waals surface area contributed by atoms with Crippen LogP contribution in [0.5, 0.6) is 0 Å². The second-order valence-corrected chi connectivity index (χ2v) is 4.50. The summed E-state index contributed by atoms with van der Waals surface area (Å²) in [4.78, 5) is 16.4. The molecule has 0 atom stereocenters. The molecule has 1 heterocycles. The molecule has 0 radical (unpaired) electrons. The molecule has 1 aromatic carbocycles. The number of benzene rings is 1. The summed E-state index contributed by atoms with van der Waals surface area (Å²) in [6, 6.07) is 7.69. The van der Waals surface area contributed by atoms with Gasteiger partial charge in [0.15, 0.2) is 5.78 Å². The van der Waals surface area contributed by atoms with Crippen molar-refractivity contribution in [2.24, 2.45) is 0 Å². The van der Waals surface area contributed by atoms with Crippen molar-refractivity contribution in [1.29, 1.82) is 0 Å². The van der Waals surface area contributed by atoms with Crippen LogP contribution in [0.4, 0.5) is 0 Å². The summed E-state index contributed by atoms with van der Waals surface area (Å²) in [7, 11) is 0. The van der Waals surface area contributed by atoms with Crippen LogP contribution >= 0.6 is 0 Å². The lowest BCUT2D eigenvalue weighted by Crippen LogP contribution is -2.10. The zero-order chi connectivity index (χ0) is 13.0. The van der Waals surface area contributed by atoms with Gasteiger partial charge in [0.1, 0.15) is 5.82 Å². The van der Waals surface area contributed by atoms with Crippen molar-refractivity contribution in [3.8, 4) is 0 Å². The highest BCUT2D eigenvalue weighted by Gasteiger charge is 2.10. The lowest BCUT2D eigenvalue weighted by atomic mass is 10.1. The molecular weight excluding hydrogens is 224 g/mol. The third kappa shape index (κ3) is 2.86. The van der Waals surface area contributed by atoms with Gasteiger partial charge in [-0.15, -0.1) is 0 Å². The first-order chi connectivity index (χ1) is 8.70. The van der Waals surface area contributed by atoms with Crippen LogP contribution in [0.15, 0.2) is 36.7 Å². The van der Waals surface area contributed by atoms with E-state index in [-0.39, 0.29) is 5.78 Å². The molecule has 3 heteroatoms. The molecule has 0 saturated carbocycles. The minimum Gasteiger partial charge on any atom is -0.335 e. The van der Waals surface area contributed by atoms with E-state index in [0.29, 0.717) is 6.42 Å². The first-order valence-corrected chi connectivity index (χ1v) is 6.30. The molecule has 18 heavy (non-hydrogen) atoms. The van der Waals surface area contributed by atoms with Gasteiger partial charge < -0.3 is 4.57 Å². The van der Waals surface area contributed by atoms with Crippen LogP contribution in [-0.4, -0.2) is 15.3 Å². The monoisotopic (exact) mass is 242 g/mol.